The van der Waals surface area contributed by atoms with E-state index < -0.39 is 0 Å². The van der Waals surface area contributed by atoms with Crippen LogP contribution in [-0.2, 0) is 0 Å². The largest absolute Gasteiger partial charge is 0.493 e. The second-order valence-electron chi connectivity index (χ2n) is 6.22. The van der Waals surface area contributed by atoms with Gasteiger partial charge in [-0.3, -0.25) is 9.59 Å². The number of nitrogens with zero attached hydrogens (tertiary/aromatic N) is 1. The predicted molar refractivity (Wildman–Crippen MR) is 118 cm³/mol. The Morgan fingerprint density at radius 3 is 2.40 bits per heavy atom. The van der Waals surface area contributed by atoms with Crippen molar-refractivity contribution < 1.29 is 19.1 Å². The van der Waals surface area contributed by atoms with Gasteiger partial charge in [0.2, 0.25) is 0 Å². The van der Waals surface area contributed by atoms with Gasteiger partial charge in [0.25, 0.3) is 11.8 Å². The summed E-state index contributed by atoms with van der Waals surface area (Å²) in [5.41, 5.74) is 4.93. The van der Waals surface area contributed by atoms with Gasteiger partial charge in [0.1, 0.15) is 0 Å². The molecule has 0 aliphatic rings. The number of rotatable bonds is 7. The van der Waals surface area contributed by atoms with E-state index in [1.807, 2.05) is 23.6 Å². The number of hydrogen-bond donors (Lipinski definition) is 2. The number of carbonyl (C=O) groups is 2. The van der Waals surface area contributed by atoms with Gasteiger partial charge >= 0.3 is 0 Å². The molecule has 0 aliphatic carbocycles. The number of amides is 2. The number of nitrogens with one attached hydrogen (secondary N) is 2. The Morgan fingerprint density at radius 2 is 1.70 bits per heavy atom. The van der Waals surface area contributed by atoms with Crippen molar-refractivity contribution in [3.8, 4) is 11.5 Å². The number of methoxy groups -OCH3 is 2. The zero-order valence-corrected chi connectivity index (χ0v) is 17.6. The summed E-state index contributed by atoms with van der Waals surface area (Å²) in [6, 6.07) is 15.7. The van der Waals surface area contributed by atoms with Crippen molar-refractivity contribution in [3.05, 3.63) is 76.0 Å². The maximum Gasteiger partial charge on any atom is 0.271 e. The van der Waals surface area contributed by atoms with Gasteiger partial charge in [-0.2, -0.15) is 5.10 Å². The van der Waals surface area contributed by atoms with Crippen LogP contribution < -0.4 is 20.2 Å². The van der Waals surface area contributed by atoms with Gasteiger partial charge < -0.3 is 14.8 Å². The molecule has 154 valence electrons. The number of ether oxygens (including phenoxy) is 2. The van der Waals surface area contributed by atoms with Crippen molar-refractivity contribution in [2.24, 2.45) is 5.10 Å². The number of carbonyl (C=O) groups excluding carboxylic acids is 2. The molecule has 0 spiro atoms. The molecule has 1 heterocycles. The van der Waals surface area contributed by atoms with Crippen LogP contribution in [-0.4, -0.2) is 31.7 Å². The minimum Gasteiger partial charge on any atom is -0.493 e. The Bertz CT molecular complexity index is 1080. The van der Waals surface area contributed by atoms with Crippen LogP contribution in [0.3, 0.4) is 0 Å². The SMILES string of the molecule is COc1ccc(C(=O)N/N=C(\C)c2cccc(NC(=O)c3cccs3)c2)cc1OC. The number of hydrazone groups is 1. The highest BCUT2D eigenvalue weighted by molar-refractivity contribution is 7.12. The van der Waals surface area contributed by atoms with E-state index in [0.29, 0.717) is 33.3 Å². The van der Waals surface area contributed by atoms with E-state index >= 15 is 0 Å². The number of anilines is 1. The van der Waals surface area contributed by atoms with Crippen LogP contribution in [0.5, 0.6) is 11.5 Å². The summed E-state index contributed by atoms with van der Waals surface area (Å²) in [4.78, 5) is 25.3. The highest BCUT2D eigenvalue weighted by Crippen LogP contribution is 2.27. The van der Waals surface area contributed by atoms with E-state index in [1.54, 1.807) is 43.3 Å². The molecule has 0 atom stereocenters. The minimum absolute atomic E-state index is 0.168. The Labute approximate surface area is 178 Å². The first-order chi connectivity index (χ1) is 14.5. The van der Waals surface area contributed by atoms with Crippen LogP contribution in [0.1, 0.15) is 32.5 Å². The third kappa shape index (κ3) is 5.03. The monoisotopic (exact) mass is 423 g/mol. The molecule has 0 saturated carbocycles. The van der Waals surface area contributed by atoms with E-state index in [4.69, 9.17) is 9.47 Å². The summed E-state index contributed by atoms with van der Waals surface area (Å²) in [6.45, 7) is 1.77. The van der Waals surface area contributed by atoms with Crippen molar-refractivity contribution in [2.45, 2.75) is 6.92 Å². The molecule has 0 bridgehead atoms. The normalized spacial score (nSPS) is 11.0. The fourth-order valence-corrected chi connectivity index (χ4v) is 3.28. The number of thiophene rings is 1. The summed E-state index contributed by atoms with van der Waals surface area (Å²) >= 11 is 1.37. The van der Waals surface area contributed by atoms with Crippen molar-refractivity contribution in [2.75, 3.05) is 19.5 Å². The lowest BCUT2D eigenvalue weighted by Gasteiger charge is -2.09. The van der Waals surface area contributed by atoms with Gasteiger partial charge in [-0.25, -0.2) is 5.43 Å². The molecule has 0 aliphatic heterocycles. The van der Waals surface area contributed by atoms with E-state index in [2.05, 4.69) is 15.8 Å². The van der Waals surface area contributed by atoms with Crippen molar-refractivity contribution in [1.29, 1.82) is 0 Å². The van der Waals surface area contributed by atoms with Gasteiger partial charge in [0.15, 0.2) is 11.5 Å². The quantitative estimate of drug-likeness (QED) is 0.441. The smallest absolute Gasteiger partial charge is 0.271 e. The first-order valence-electron chi connectivity index (χ1n) is 9.03. The summed E-state index contributed by atoms with van der Waals surface area (Å²) in [7, 11) is 3.04. The van der Waals surface area contributed by atoms with Crippen molar-refractivity contribution in [1.82, 2.24) is 5.43 Å². The van der Waals surface area contributed by atoms with Gasteiger partial charge in [0, 0.05) is 11.3 Å². The van der Waals surface area contributed by atoms with E-state index in [1.165, 1.54) is 25.6 Å². The molecule has 2 aromatic carbocycles. The third-order valence-corrected chi connectivity index (χ3v) is 5.12. The Balaban J connectivity index is 1.69. The molecule has 3 aromatic rings. The summed E-state index contributed by atoms with van der Waals surface area (Å²) in [6.07, 6.45) is 0. The summed E-state index contributed by atoms with van der Waals surface area (Å²) < 4.78 is 10.4. The van der Waals surface area contributed by atoms with Crippen molar-refractivity contribution >= 4 is 34.6 Å². The average molecular weight is 423 g/mol. The lowest BCUT2D eigenvalue weighted by Crippen LogP contribution is -2.19. The molecule has 0 fully saturated rings. The zero-order chi connectivity index (χ0) is 21.5. The lowest BCUT2D eigenvalue weighted by molar-refractivity contribution is 0.0953. The highest BCUT2D eigenvalue weighted by Gasteiger charge is 2.11. The molecule has 0 radical (unpaired) electrons. The molecule has 7 nitrogen and oxygen atoms in total. The van der Waals surface area contributed by atoms with Crippen molar-refractivity contribution in [3.63, 3.8) is 0 Å². The molecule has 1 aromatic heterocycles. The lowest BCUT2D eigenvalue weighted by atomic mass is 10.1. The second kappa shape index (κ2) is 9.71. The van der Waals surface area contributed by atoms with Crippen LogP contribution in [0.15, 0.2) is 65.1 Å². The van der Waals surface area contributed by atoms with Crippen LogP contribution in [0, 0.1) is 0 Å². The van der Waals surface area contributed by atoms with E-state index in [0.717, 1.165) is 5.56 Å². The maximum absolute atomic E-state index is 12.4. The molecule has 0 unspecified atom stereocenters. The van der Waals surface area contributed by atoms with Gasteiger partial charge in [0.05, 0.1) is 24.8 Å². The molecule has 2 amide bonds. The first kappa shape index (κ1) is 21.1. The second-order valence-corrected chi connectivity index (χ2v) is 7.17. The Morgan fingerprint density at radius 1 is 0.900 bits per heavy atom. The Hall–Kier alpha value is -3.65. The Kier molecular flexibility index (Phi) is 6.82. The average Bonchev–Trinajstić information content (AvgIpc) is 3.32. The number of hydrogen-bond acceptors (Lipinski definition) is 6. The minimum atomic E-state index is -0.377. The van der Waals surface area contributed by atoms with E-state index in [9.17, 15) is 9.59 Å². The third-order valence-electron chi connectivity index (χ3n) is 4.25. The topological polar surface area (TPSA) is 89.0 Å². The first-order valence-corrected chi connectivity index (χ1v) is 9.91. The molecule has 30 heavy (non-hydrogen) atoms. The fraction of sp³-hybridized carbons (Fsp3) is 0.136. The standard InChI is InChI=1S/C22H21N3O4S/c1-14(24-25-21(26)16-9-10-18(28-2)19(13-16)29-3)15-6-4-7-17(12-15)23-22(27)20-8-5-11-30-20/h4-13H,1-3H3,(H,23,27)(H,25,26)/b24-14+. The van der Waals surface area contributed by atoms with Gasteiger partial charge in [-0.1, -0.05) is 18.2 Å². The predicted octanol–water partition coefficient (Wildman–Crippen LogP) is 4.17. The number of benzene rings is 2. The van der Waals surface area contributed by atoms with E-state index in [-0.39, 0.29) is 11.8 Å². The molecular formula is C22H21N3O4S. The molecule has 0 saturated heterocycles. The molecular weight excluding hydrogens is 402 g/mol. The van der Waals surface area contributed by atoms with Gasteiger partial charge in [-0.05, 0) is 54.3 Å². The van der Waals surface area contributed by atoms with Crippen LogP contribution in [0.4, 0.5) is 5.69 Å². The highest BCUT2D eigenvalue weighted by atomic mass is 32.1. The van der Waals surface area contributed by atoms with Crippen LogP contribution >= 0.6 is 11.3 Å². The van der Waals surface area contributed by atoms with Crippen LogP contribution in [0.25, 0.3) is 0 Å². The van der Waals surface area contributed by atoms with Crippen LogP contribution in [0.2, 0.25) is 0 Å². The molecule has 8 heteroatoms. The zero-order valence-electron chi connectivity index (χ0n) is 16.8. The summed E-state index contributed by atoms with van der Waals surface area (Å²) in [5.74, 6) is 0.450. The summed E-state index contributed by atoms with van der Waals surface area (Å²) in [5, 5.41) is 8.88. The maximum atomic E-state index is 12.4. The van der Waals surface area contributed by atoms with Gasteiger partial charge in [-0.15, -0.1) is 11.3 Å². The molecule has 2 N–H and O–H groups in total. The molecule has 3 rings (SSSR count). The fourth-order valence-electron chi connectivity index (χ4n) is 2.66.